The smallest absolute Gasteiger partial charge is 0.337 e. The lowest BCUT2D eigenvalue weighted by Gasteiger charge is -2.21. The lowest BCUT2D eigenvalue weighted by Crippen LogP contribution is -2.44. The summed E-state index contributed by atoms with van der Waals surface area (Å²) < 4.78 is 16.0. The molecule has 5 N–H and O–H groups in total. The molecule has 5 aromatic heterocycles. The van der Waals surface area contributed by atoms with Gasteiger partial charge in [0.2, 0.25) is 0 Å². The van der Waals surface area contributed by atoms with Gasteiger partial charge in [-0.15, -0.1) is 0 Å². The molecule has 0 atom stereocenters. The predicted molar refractivity (Wildman–Crippen MR) is 145 cm³/mol. The Bertz CT molecular complexity index is 1880. The number of hydrazine groups is 1. The highest BCUT2D eigenvalue weighted by molar-refractivity contribution is 5.97. The molecule has 0 bridgehead atoms. The average molecular weight is 524 g/mol. The van der Waals surface area contributed by atoms with E-state index in [4.69, 9.17) is 16.7 Å². The molecule has 5 heterocycles. The van der Waals surface area contributed by atoms with Gasteiger partial charge < -0.3 is 10.7 Å². The number of rotatable bonds is 4. The number of H-pyrrole nitrogens is 1. The maximum absolute atomic E-state index is 14.6. The molecule has 194 valence electrons. The number of anilines is 1. The summed E-state index contributed by atoms with van der Waals surface area (Å²) in [4.78, 5) is 31.4. The number of fused-ring (bicyclic) bond motifs is 2. The minimum absolute atomic E-state index is 0.345. The van der Waals surface area contributed by atoms with Gasteiger partial charge in [-0.3, -0.25) is 15.1 Å². The number of nitrogen functional groups attached to an aromatic ring is 1. The fourth-order valence-electron chi connectivity index (χ4n) is 4.33. The SMILES string of the molecule is CN(C)C(=O)N(N)c1cncc(-c2cnc3[nH]nc(-c4nc5c(-c6ccccc6F)cncc5n4N)c3c2)c1. The van der Waals surface area contributed by atoms with Crippen LogP contribution in [0.3, 0.4) is 0 Å². The number of hydrogen-bond donors (Lipinski definition) is 3. The second-order valence-corrected chi connectivity index (χ2v) is 9.01. The molecule has 6 rings (SSSR count). The Morgan fingerprint density at radius 3 is 2.56 bits per heavy atom. The number of halogens is 1. The number of hydrogen-bond acceptors (Lipinski definition) is 8. The number of carbonyl (C=O) groups excluding carboxylic acids is 1. The van der Waals surface area contributed by atoms with Gasteiger partial charge in [0.15, 0.2) is 11.5 Å². The number of carbonyl (C=O) groups is 1. The third-order valence-corrected chi connectivity index (χ3v) is 6.32. The van der Waals surface area contributed by atoms with Gasteiger partial charge in [0, 0.05) is 54.9 Å². The minimum Gasteiger partial charge on any atom is -0.337 e. The van der Waals surface area contributed by atoms with E-state index in [0.717, 1.165) is 5.01 Å². The van der Waals surface area contributed by atoms with Gasteiger partial charge in [-0.2, -0.15) is 5.10 Å². The van der Waals surface area contributed by atoms with E-state index in [1.165, 1.54) is 21.8 Å². The Labute approximate surface area is 220 Å². The summed E-state index contributed by atoms with van der Waals surface area (Å²) in [5.41, 5.74) is 4.64. The van der Waals surface area contributed by atoms with Gasteiger partial charge >= 0.3 is 6.03 Å². The molecule has 0 spiro atoms. The molecule has 0 aliphatic carbocycles. The topological polar surface area (TPSA) is 161 Å². The molecule has 0 saturated carbocycles. The quantitative estimate of drug-likeness (QED) is 0.180. The van der Waals surface area contributed by atoms with E-state index in [2.05, 4.69) is 25.1 Å². The molecule has 12 nitrogen and oxygen atoms in total. The number of benzene rings is 1. The van der Waals surface area contributed by atoms with E-state index in [-0.39, 0.29) is 0 Å². The van der Waals surface area contributed by atoms with Crippen molar-refractivity contribution >= 4 is 33.8 Å². The first-order chi connectivity index (χ1) is 18.8. The number of nitrogens with two attached hydrogens (primary N) is 2. The minimum atomic E-state index is -0.397. The van der Waals surface area contributed by atoms with Gasteiger partial charge in [0.1, 0.15) is 22.5 Å². The number of aromatic nitrogens is 7. The summed E-state index contributed by atoms with van der Waals surface area (Å²) in [7, 11) is 3.22. The lowest BCUT2D eigenvalue weighted by atomic mass is 10.1. The molecular formula is C26H22FN11O. The number of nitrogens with one attached hydrogen (secondary N) is 1. The van der Waals surface area contributed by atoms with Gasteiger partial charge in [-0.1, -0.05) is 18.2 Å². The Hall–Kier alpha value is -5.43. The molecule has 0 radical (unpaired) electrons. The molecule has 39 heavy (non-hydrogen) atoms. The second kappa shape index (κ2) is 9.15. The summed E-state index contributed by atoms with van der Waals surface area (Å²) >= 11 is 0. The van der Waals surface area contributed by atoms with Crippen LogP contribution in [0, 0.1) is 5.82 Å². The average Bonchev–Trinajstić information content (AvgIpc) is 3.52. The van der Waals surface area contributed by atoms with Crippen LogP contribution >= 0.6 is 0 Å². The molecular weight excluding hydrogens is 501 g/mol. The molecule has 1 aromatic carbocycles. The van der Waals surface area contributed by atoms with E-state index in [9.17, 15) is 9.18 Å². The normalized spacial score (nSPS) is 11.3. The number of imidazole rings is 1. The summed E-state index contributed by atoms with van der Waals surface area (Å²) in [6, 6.07) is 9.62. The molecule has 0 fully saturated rings. The molecule has 6 aromatic rings. The summed E-state index contributed by atoms with van der Waals surface area (Å²) in [6.07, 6.45) is 7.93. The summed E-state index contributed by atoms with van der Waals surface area (Å²) in [5, 5.41) is 9.00. The number of aromatic amines is 1. The first-order valence-corrected chi connectivity index (χ1v) is 11.8. The van der Waals surface area contributed by atoms with Crippen molar-refractivity contribution in [2.24, 2.45) is 5.84 Å². The van der Waals surface area contributed by atoms with E-state index < -0.39 is 11.8 Å². The van der Waals surface area contributed by atoms with Crippen molar-refractivity contribution in [3.63, 3.8) is 0 Å². The Morgan fingerprint density at radius 2 is 1.77 bits per heavy atom. The Kier molecular flexibility index (Phi) is 5.61. The maximum Gasteiger partial charge on any atom is 0.338 e. The fourth-order valence-corrected chi connectivity index (χ4v) is 4.33. The highest BCUT2D eigenvalue weighted by Gasteiger charge is 2.21. The van der Waals surface area contributed by atoms with E-state index in [0.29, 0.717) is 61.5 Å². The second-order valence-electron chi connectivity index (χ2n) is 9.01. The third-order valence-electron chi connectivity index (χ3n) is 6.32. The van der Waals surface area contributed by atoms with Crippen LogP contribution in [0.1, 0.15) is 0 Å². The number of nitrogens with zero attached hydrogens (tertiary/aromatic N) is 8. The molecule has 13 heteroatoms. The van der Waals surface area contributed by atoms with Gasteiger partial charge in [0.25, 0.3) is 0 Å². The van der Waals surface area contributed by atoms with Gasteiger partial charge in [0.05, 0.1) is 23.5 Å². The van der Waals surface area contributed by atoms with Gasteiger partial charge in [-0.25, -0.2) is 34.7 Å². The number of amides is 2. The third kappa shape index (κ3) is 3.97. The number of urea groups is 1. The Morgan fingerprint density at radius 1 is 1.00 bits per heavy atom. The van der Waals surface area contributed by atoms with Crippen molar-refractivity contribution < 1.29 is 9.18 Å². The zero-order valence-corrected chi connectivity index (χ0v) is 20.9. The van der Waals surface area contributed by atoms with Crippen LogP contribution in [-0.4, -0.2) is 59.8 Å². The van der Waals surface area contributed by atoms with Crippen LogP contribution in [0.5, 0.6) is 0 Å². The molecule has 0 saturated heterocycles. The monoisotopic (exact) mass is 523 g/mol. The molecule has 0 aliphatic rings. The number of pyridine rings is 3. The van der Waals surface area contributed by atoms with Crippen molar-refractivity contribution in [2.75, 3.05) is 24.9 Å². The summed E-state index contributed by atoms with van der Waals surface area (Å²) in [5.74, 6) is 12.4. The standard InChI is InChI=1S/C26H22FN11O/c1-36(2)26(39)37(28)16-7-14(9-30-11-16)15-8-18-23(34-35-24(18)32-10-15)25-33-22-19(12-31-13-21(22)38(25)29)17-5-3-4-6-20(17)27/h3-13H,28-29H2,1-2H3,(H,32,34,35). The predicted octanol–water partition coefficient (Wildman–Crippen LogP) is 3.31. The van der Waals surface area contributed by atoms with Crippen LogP contribution in [0.2, 0.25) is 0 Å². The van der Waals surface area contributed by atoms with Crippen LogP contribution < -0.4 is 16.7 Å². The first-order valence-electron chi connectivity index (χ1n) is 11.8. The molecule has 0 aliphatic heterocycles. The maximum atomic E-state index is 14.6. The Balaban J connectivity index is 1.46. The molecule has 0 unspecified atom stereocenters. The van der Waals surface area contributed by atoms with Gasteiger partial charge in [-0.05, 0) is 18.2 Å². The zero-order chi connectivity index (χ0) is 27.3. The van der Waals surface area contributed by atoms with Crippen LogP contribution in [0.15, 0.2) is 67.4 Å². The van der Waals surface area contributed by atoms with Crippen LogP contribution in [-0.2, 0) is 0 Å². The van der Waals surface area contributed by atoms with Crippen molar-refractivity contribution in [1.82, 2.24) is 39.7 Å². The lowest BCUT2D eigenvalue weighted by molar-refractivity contribution is 0.224. The van der Waals surface area contributed by atoms with E-state index >= 15 is 0 Å². The van der Waals surface area contributed by atoms with Crippen molar-refractivity contribution in [1.29, 1.82) is 0 Å². The fraction of sp³-hybridized carbons (Fsp3) is 0.0769. The first kappa shape index (κ1) is 23.9. The van der Waals surface area contributed by atoms with Crippen LogP contribution in [0.25, 0.3) is 55.8 Å². The largest absolute Gasteiger partial charge is 0.338 e. The van der Waals surface area contributed by atoms with E-state index in [1.54, 1.807) is 63.1 Å². The summed E-state index contributed by atoms with van der Waals surface area (Å²) in [6.45, 7) is 0. The van der Waals surface area contributed by atoms with Crippen molar-refractivity contribution in [3.05, 3.63) is 73.2 Å². The van der Waals surface area contributed by atoms with Crippen LogP contribution in [0.4, 0.5) is 14.9 Å². The zero-order valence-electron chi connectivity index (χ0n) is 20.9. The molecule has 2 amide bonds. The van der Waals surface area contributed by atoms with Crippen molar-refractivity contribution in [2.45, 2.75) is 0 Å². The van der Waals surface area contributed by atoms with Crippen molar-refractivity contribution in [3.8, 4) is 33.8 Å². The highest BCUT2D eigenvalue weighted by Crippen LogP contribution is 2.34. The van der Waals surface area contributed by atoms with E-state index in [1.807, 2.05) is 6.07 Å². The highest BCUT2D eigenvalue weighted by atomic mass is 19.1.